The van der Waals surface area contributed by atoms with E-state index >= 15 is 0 Å². The van der Waals surface area contributed by atoms with E-state index in [0.717, 1.165) is 42.3 Å². The monoisotopic (exact) mass is 320 g/mol. The summed E-state index contributed by atoms with van der Waals surface area (Å²) < 4.78 is 6.03. The minimum absolute atomic E-state index is 0.750. The van der Waals surface area contributed by atoms with E-state index in [9.17, 15) is 0 Å². The molecule has 0 aliphatic rings. The van der Waals surface area contributed by atoms with E-state index in [1.165, 1.54) is 5.56 Å². The molecule has 2 N–H and O–H groups in total. The van der Waals surface area contributed by atoms with Gasteiger partial charge in [-0.05, 0) is 23.8 Å². The van der Waals surface area contributed by atoms with Crippen LogP contribution >= 0.6 is 27.5 Å². The van der Waals surface area contributed by atoms with Crippen molar-refractivity contribution >= 4 is 27.5 Å². The van der Waals surface area contributed by atoms with Crippen LogP contribution in [0.25, 0.3) is 0 Å². The van der Waals surface area contributed by atoms with Crippen molar-refractivity contribution < 1.29 is 4.74 Å². The molecule has 0 aliphatic carbocycles. The van der Waals surface area contributed by atoms with Crippen LogP contribution in [0.15, 0.2) is 22.7 Å². The number of nitrogens with one attached hydrogen (secondary N) is 2. The SMILES string of the molecule is COCCNCCNCc1cc(Cl)ccc1Br. The third kappa shape index (κ3) is 6.38. The highest BCUT2D eigenvalue weighted by atomic mass is 79.9. The van der Waals surface area contributed by atoms with Gasteiger partial charge in [0.15, 0.2) is 0 Å². The van der Waals surface area contributed by atoms with Crippen LogP contribution in [0, 0.1) is 0 Å². The van der Waals surface area contributed by atoms with Crippen LogP contribution < -0.4 is 10.6 Å². The van der Waals surface area contributed by atoms with Crippen molar-refractivity contribution in [3.05, 3.63) is 33.3 Å². The molecule has 1 rings (SSSR count). The Bertz CT molecular complexity index is 336. The Kier molecular flexibility index (Phi) is 7.81. The van der Waals surface area contributed by atoms with Crippen LogP contribution in [0.4, 0.5) is 0 Å². The van der Waals surface area contributed by atoms with E-state index in [1.54, 1.807) is 7.11 Å². The van der Waals surface area contributed by atoms with Crippen molar-refractivity contribution in [3.8, 4) is 0 Å². The summed E-state index contributed by atoms with van der Waals surface area (Å²) >= 11 is 9.44. The van der Waals surface area contributed by atoms with Gasteiger partial charge in [0.2, 0.25) is 0 Å². The maximum atomic E-state index is 5.94. The molecule has 0 atom stereocenters. The van der Waals surface area contributed by atoms with Crippen molar-refractivity contribution in [1.82, 2.24) is 10.6 Å². The van der Waals surface area contributed by atoms with Crippen molar-refractivity contribution in [2.75, 3.05) is 33.4 Å². The summed E-state index contributed by atoms with van der Waals surface area (Å²) in [5.41, 5.74) is 1.18. The molecule has 5 heteroatoms. The number of methoxy groups -OCH3 is 1. The second-order valence-corrected chi connectivity index (χ2v) is 4.95. The standard InChI is InChI=1S/C12H18BrClN2O/c1-17-7-6-15-4-5-16-9-10-8-11(14)2-3-12(10)13/h2-3,8,15-16H,4-7,9H2,1H3. The van der Waals surface area contributed by atoms with Crippen LogP contribution in [0.1, 0.15) is 5.56 Å². The zero-order valence-electron chi connectivity index (χ0n) is 9.93. The molecule has 0 unspecified atom stereocenters. The van der Waals surface area contributed by atoms with E-state index in [1.807, 2.05) is 18.2 Å². The number of hydrogen-bond donors (Lipinski definition) is 2. The Labute approximate surface area is 116 Å². The molecule has 17 heavy (non-hydrogen) atoms. The van der Waals surface area contributed by atoms with Gasteiger partial charge in [-0.15, -0.1) is 0 Å². The number of hydrogen-bond acceptors (Lipinski definition) is 3. The van der Waals surface area contributed by atoms with Gasteiger partial charge >= 0.3 is 0 Å². The predicted molar refractivity (Wildman–Crippen MR) is 75.6 cm³/mol. The highest BCUT2D eigenvalue weighted by molar-refractivity contribution is 9.10. The molecule has 0 aliphatic heterocycles. The Hall–Kier alpha value is -0.130. The molecule has 0 bridgehead atoms. The van der Waals surface area contributed by atoms with Gasteiger partial charge in [0.1, 0.15) is 0 Å². The van der Waals surface area contributed by atoms with E-state index in [0.29, 0.717) is 0 Å². The van der Waals surface area contributed by atoms with E-state index in [4.69, 9.17) is 16.3 Å². The zero-order valence-corrected chi connectivity index (χ0v) is 12.3. The first-order valence-corrected chi connectivity index (χ1v) is 6.75. The fraction of sp³-hybridized carbons (Fsp3) is 0.500. The molecule has 1 aromatic carbocycles. The van der Waals surface area contributed by atoms with Crippen LogP contribution in [-0.4, -0.2) is 33.4 Å². The summed E-state index contributed by atoms with van der Waals surface area (Å²) in [5.74, 6) is 0. The topological polar surface area (TPSA) is 33.3 Å². The Balaban J connectivity index is 2.15. The zero-order chi connectivity index (χ0) is 12.5. The molecule has 96 valence electrons. The molecule has 0 aromatic heterocycles. The normalized spacial score (nSPS) is 10.8. The Morgan fingerprint density at radius 1 is 1.24 bits per heavy atom. The van der Waals surface area contributed by atoms with Crippen LogP contribution in [-0.2, 0) is 11.3 Å². The lowest BCUT2D eigenvalue weighted by molar-refractivity contribution is 0.199. The van der Waals surface area contributed by atoms with Gasteiger partial charge in [0.25, 0.3) is 0 Å². The minimum atomic E-state index is 0.750. The van der Waals surface area contributed by atoms with Gasteiger partial charge in [0.05, 0.1) is 6.61 Å². The third-order valence-electron chi connectivity index (χ3n) is 2.28. The first kappa shape index (κ1) is 14.9. The molecule has 0 saturated heterocycles. The van der Waals surface area contributed by atoms with Gasteiger partial charge in [-0.3, -0.25) is 0 Å². The molecule has 0 amide bonds. The fourth-order valence-corrected chi connectivity index (χ4v) is 1.96. The summed E-state index contributed by atoms with van der Waals surface area (Å²) in [4.78, 5) is 0. The minimum Gasteiger partial charge on any atom is -0.383 e. The summed E-state index contributed by atoms with van der Waals surface area (Å²) in [6.45, 7) is 4.30. The van der Waals surface area contributed by atoms with Gasteiger partial charge < -0.3 is 15.4 Å². The van der Waals surface area contributed by atoms with Crippen molar-refractivity contribution in [2.45, 2.75) is 6.54 Å². The number of ether oxygens (including phenoxy) is 1. The molecule has 0 radical (unpaired) electrons. The summed E-state index contributed by atoms with van der Waals surface area (Å²) in [7, 11) is 1.70. The lowest BCUT2D eigenvalue weighted by Gasteiger charge is -2.08. The first-order chi connectivity index (χ1) is 8.24. The maximum Gasteiger partial charge on any atom is 0.0587 e. The quantitative estimate of drug-likeness (QED) is 0.722. The predicted octanol–water partition coefficient (Wildman–Crippen LogP) is 2.43. The smallest absolute Gasteiger partial charge is 0.0587 e. The second kappa shape index (κ2) is 8.89. The highest BCUT2D eigenvalue weighted by Crippen LogP contribution is 2.20. The van der Waals surface area contributed by atoms with Gasteiger partial charge in [-0.25, -0.2) is 0 Å². The molecule has 3 nitrogen and oxygen atoms in total. The third-order valence-corrected chi connectivity index (χ3v) is 3.29. The van der Waals surface area contributed by atoms with E-state index < -0.39 is 0 Å². The highest BCUT2D eigenvalue weighted by Gasteiger charge is 2.00. The molecular weight excluding hydrogens is 304 g/mol. The lowest BCUT2D eigenvalue weighted by atomic mass is 10.2. The second-order valence-electron chi connectivity index (χ2n) is 3.66. The molecule has 0 fully saturated rings. The van der Waals surface area contributed by atoms with Crippen LogP contribution in [0.3, 0.4) is 0 Å². The number of benzene rings is 1. The van der Waals surface area contributed by atoms with Gasteiger partial charge in [0, 0.05) is 42.8 Å². The van der Waals surface area contributed by atoms with E-state index in [2.05, 4.69) is 26.6 Å². The van der Waals surface area contributed by atoms with Crippen molar-refractivity contribution in [3.63, 3.8) is 0 Å². The fourth-order valence-electron chi connectivity index (χ4n) is 1.38. The summed E-state index contributed by atoms with van der Waals surface area (Å²) in [6.07, 6.45) is 0. The van der Waals surface area contributed by atoms with Gasteiger partial charge in [-0.1, -0.05) is 27.5 Å². The molecule has 0 heterocycles. The Morgan fingerprint density at radius 3 is 2.76 bits per heavy atom. The maximum absolute atomic E-state index is 5.94. The largest absolute Gasteiger partial charge is 0.383 e. The molecular formula is C12H18BrClN2O. The molecule has 0 spiro atoms. The average Bonchev–Trinajstić information content (AvgIpc) is 2.32. The number of halogens is 2. The van der Waals surface area contributed by atoms with E-state index in [-0.39, 0.29) is 0 Å². The Morgan fingerprint density at radius 2 is 2.00 bits per heavy atom. The van der Waals surface area contributed by atoms with Crippen LogP contribution in [0.2, 0.25) is 5.02 Å². The van der Waals surface area contributed by atoms with Crippen molar-refractivity contribution in [2.24, 2.45) is 0 Å². The summed E-state index contributed by atoms with van der Waals surface area (Å²) in [5, 5.41) is 7.39. The van der Waals surface area contributed by atoms with Gasteiger partial charge in [-0.2, -0.15) is 0 Å². The molecule has 0 saturated carbocycles. The van der Waals surface area contributed by atoms with Crippen LogP contribution in [0.5, 0.6) is 0 Å². The van der Waals surface area contributed by atoms with Crippen molar-refractivity contribution in [1.29, 1.82) is 0 Å². The average molecular weight is 322 g/mol. The lowest BCUT2D eigenvalue weighted by Crippen LogP contribution is -2.29. The first-order valence-electron chi connectivity index (χ1n) is 5.58. The number of rotatable bonds is 8. The summed E-state index contributed by atoms with van der Waals surface area (Å²) in [6, 6.07) is 5.81. The molecule has 1 aromatic rings.